The molecule has 4 nitrogen and oxygen atoms in total. The van der Waals surface area contributed by atoms with Gasteiger partial charge in [-0.1, -0.05) is 65.7 Å². The number of halogens is 2. The smallest absolute Gasteiger partial charge is 0.269 e. The normalized spacial score (nSPS) is 20.3. The molecule has 7 heteroatoms. The highest BCUT2D eigenvalue weighted by Gasteiger charge is 2.60. The molecule has 0 radical (unpaired) electrons. The van der Waals surface area contributed by atoms with Crippen molar-refractivity contribution in [3.8, 4) is 0 Å². The quantitative estimate of drug-likeness (QED) is 0.526. The fourth-order valence-electron chi connectivity index (χ4n) is 4.12. The minimum absolute atomic E-state index is 0.120. The van der Waals surface area contributed by atoms with Crippen LogP contribution in [0, 0.1) is 0 Å². The lowest BCUT2D eigenvalue weighted by molar-refractivity contribution is -0.123. The molecule has 0 bridgehead atoms. The summed E-state index contributed by atoms with van der Waals surface area (Å²) in [4.78, 5) is 29.1. The Balaban J connectivity index is 1.66. The van der Waals surface area contributed by atoms with Gasteiger partial charge in [-0.15, -0.1) is 11.8 Å². The summed E-state index contributed by atoms with van der Waals surface area (Å²) in [5, 5.41) is 1.12. The van der Waals surface area contributed by atoms with E-state index in [0.29, 0.717) is 22.3 Å². The van der Waals surface area contributed by atoms with Gasteiger partial charge in [-0.25, -0.2) is 0 Å². The van der Waals surface area contributed by atoms with E-state index in [2.05, 4.69) is 0 Å². The van der Waals surface area contributed by atoms with Crippen LogP contribution in [0.25, 0.3) is 0 Å². The van der Waals surface area contributed by atoms with Crippen molar-refractivity contribution in [1.29, 1.82) is 0 Å². The number of benzene rings is 3. The topological polar surface area (TPSA) is 40.6 Å². The van der Waals surface area contributed by atoms with Crippen LogP contribution in [0.1, 0.15) is 11.1 Å². The Morgan fingerprint density at radius 2 is 1.70 bits per heavy atom. The second-order valence-corrected chi connectivity index (χ2v) is 9.15. The van der Waals surface area contributed by atoms with E-state index in [9.17, 15) is 9.59 Å². The van der Waals surface area contributed by atoms with Crippen molar-refractivity contribution in [3.05, 3.63) is 94.0 Å². The number of amides is 2. The van der Waals surface area contributed by atoms with Crippen molar-refractivity contribution in [1.82, 2.24) is 0 Å². The van der Waals surface area contributed by atoms with E-state index >= 15 is 0 Å². The van der Waals surface area contributed by atoms with E-state index < -0.39 is 4.87 Å². The molecule has 3 aromatic rings. The highest BCUT2D eigenvalue weighted by molar-refractivity contribution is 8.02. The number of rotatable bonds is 3. The zero-order chi connectivity index (χ0) is 20.9. The molecule has 1 spiro atoms. The number of nitrogens with zero attached hydrogens (tertiary/aromatic N) is 2. The molecular weight excluding hydrogens is 439 g/mol. The third kappa shape index (κ3) is 2.84. The molecule has 2 aliphatic rings. The summed E-state index contributed by atoms with van der Waals surface area (Å²) < 4.78 is 0. The molecule has 1 saturated heterocycles. The molecule has 2 aliphatic heterocycles. The van der Waals surface area contributed by atoms with Crippen LogP contribution in [0.15, 0.2) is 72.8 Å². The molecule has 3 aromatic carbocycles. The molecule has 1 fully saturated rings. The lowest BCUT2D eigenvalue weighted by Crippen LogP contribution is -2.49. The molecule has 150 valence electrons. The zero-order valence-electron chi connectivity index (χ0n) is 15.7. The maximum absolute atomic E-state index is 14.0. The number of carbonyl (C=O) groups excluding carboxylic acids is 2. The monoisotopic (exact) mass is 454 g/mol. The first-order valence-corrected chi connectivity index (χ1v) is 11.1. The standard InChI is InChI=1S/C23H16Cl2N2O2S/c24-16-7-5-8-17(12-16)27-21(28)14-30-23(27)18-9-2-4-11-20(18)26(22(23)29)13-15-6-1-3-10-19(15)25/h1-12H,13-14H2/t23-/m0/s1. The van der Waals surface area contributed by atoms with E-state index in [0.717, 1.165) is 16.8 Å². The van der Waals surface area contributed by atoms with Crippen molar-refractivity contribution < 1.29 is 9.59 Å². The van der Waals surface area contributed by atoms with Gasteiger partial charge in [0.2, 0.25) is 10.8 Å². The van der Waals surface area contributed by atoms with E-state index in [4.69, 9.17) is 23.2 Å². The minimum Gasteiger partial charge on any atom is -0.304 e. The molecule has 0 saturated carbocycles. The van der Waals surface area contributed by atoms with Gasteiger partial charge < -0.3 is 4.90 Å². The van der Waals surface area contributed by atoms with Crippen molar-refractivity contribution in [2.45, 2.75) is 11.4 Å². The van der Waals surface area contributed by atoms with Gasteiger partial charge in [0.1, 0.15) is 0 Å². The summed E-state index contributed by atoms with van der Waals surface area (Å²) in [6.45, 7) is 0.329. The maximum Gasteiger partial charge on any atom is 0.269 e. The molecule has 1 atom stereocenters. The van der Waals surface area contributed by atoms with E-state index in [1.54, 1.807) is 28.0 Å². The average Bonchev–Trinajstić information content (AvgIpc) is 3.21. The van der Waals surface area contributed by atoms with Gasteiger partial charge in [-0.2, -0.15) is 0 Å². The predicted octanol–water partition coefficient (Wildman–Crippen LogP) is 5.47. The fourth-order valence-corrected chi connectivity index (χ4v) is 5.86. The van der Waals surface area contributed by atoms with Gasteiger partial charge in [0.05, 0.1) is 18.0 Å². The molecule has 30 heavy (non-hydrogen) atoms. The molecule has 0 N–H and O–H groups in total. The number of hydrogen-bond donors (Lipinski definition) is 0. The second kappa shape index (κ2) is 7.34. The second-order valence-electron chi connectivity index (χ2n) is 7.14. The Kier molecular flexibility index (Phi) is 4.77. The van der Waals surface area contributed by atoms with Gasteiger partial charge in [0.15, 0.2) is 0 Å². The first-order valence-electron chi connectivity index (χ1n) is 9.40. The van der Waals surface area contributed by atoms with Crippen molar-refractivity contribution in [2.24, 2.45) is 0 Å². The van der Waals surface area contributed by atoms with Crippen LogP contribution in [0.2, 0.25) is 10.0 Å². The summed E-state index contributed by atoms with van der Waals surface area (Å²) in [5.41, 5.74) is 3.05. The molecule has 5 rings (SSSR count). The fraction of sp³-hybridized carbons (Fsp3) is 0.130. The minimum atomic E-state index is -1.15. The largest absolute Gasteiger partial charge is 0.304 e. The predicted molar refractivity (Wildman–Crippen MR) is 122 cm³/mol. The van der Waals surface area contributed by atoms with Crippen LogP contribution in [0.4, 0.5) is 11.4 Å². The van der Waals surface area contributed by atoms with Crippen molar-refractivity contribution in [2.75, 3.05) is 15.6 Å². The third-order valence-corrected chi connectivity index (χ3v) is 7.41. The Hall–Kier alpha value is -2.47. The van der Waals surface area contributed by atoms with Crippen LogP contribution in [0.5, 0.6) is 0 Å². The summed E-state index contributed by atoms with van der Waals surface area (Å²) in [6, 6.07) is 22.2. The summed E-state index contributed by atoms with van der Waals surface area (Å²) >= 11 is 13.9. The Bertz CT molecular complexity index is 1190. The zero-order valence-corrected chi connectivity index (χ0v) is 18.0. The SMILES string of the molecule is O=C1CS[C@@]2(C(=O)N(Cc3ccccc3Cl)c3ccccc32)N1c1cccc(Cl)c1. The lowest BCUT2D eigenvalue weighted by Gasteiger charge is -2.33. The number of fused-ring (bicyclic) bond motifs is 2. The first-order chi connectivity index (χ1) is 14.5. The first kappa shape index (κ1) is 19.5. The highest BCUT2D eigenvalue weighted by atomic mass is 35.5. The van der Waals surface area contributed by atoms with Crippen LogP contribution < -0.4 is 9.80 Å². The number of thioether (sulfide) groups is 1. The van der Waals surface area contributed by atoms with E-state index in [1.807, 2.05) is 54.6 Å². The average molecular weight is 455 g/mol. The number of para-hydroxylation sites is 1. The third-order valence-electron chi connectivity index (χ3n) is 5.42. The molecule has 2 amide bonds. The molecule has 0 aliphatic carbocycles. The van der Waals surface area contributed by atoms with Gasteiger partial charge in [0.25, 0.3) is 5.91 Å². The molecule has 2 heterocycles. The summed E-state index contributed by atoms with van der Waals surface area (Å²) in [7, 11) is 0. The molecule has 0 unspecified atom stereocenters. The van der Waals surface area contributed by atoms with Gasteiger partial charge in [0, 0.05) is 21.3 Å². The Morgan fingerprint density at radius 3 is 2.50 bits per heavy atom. The van der Waals surface area contributed by atoms with Crippen LogP contribution in [-0.4, -0.2) is 17.6 Å². The maximum atomic E-state index is 14.0. The van der Waals surface area contributed by atoms with Crippen LogP contribution in [-0.2, 0) is 21.0 Å². The highest BCUT2D eigenvalue weighted by Crippen LogP contribution is 2.56. The van der Waals surface area contributed by atoms with Crippen LogP contribution in [0.3, 0.4) is 0 Å². The van der Waals surface area contributed by atoms with E-state index in [-0.39, 0.29) is 17.6 Å². The number of carbonyl (C=O) groups is 2. The van der Waals surface area contributed by atoms with Gasteiger partial charge >= 0.3 is 0 Å². The van der Waals surface area contributed by atoms with Gasteiger partial charge in [-0.05, 0) is 35.9 Å². The number of anilines is 2. The van der Waals surface area contributed by atoms with Crippen LogP contribution >= 0.6 is 35.0 Å². The van der Waals surface area contributed by atoms with Crippen molar-refractivity contribution in [3.63, 3.8) is 0 Å². The summed E-state index contributed by atoms with van der Waals surface area (Å²) in [5.74, 6) is -0.0588. The Labute approximate surface area is 188 Å². The number of hydrogen-bond acceptors (Lipinski definition) is 3. The van der Waals surface area contributed by atoms with Gasteiger partial charge in [-0.3, -0.25) is 14.5 Å². The summed E-state index contributed by atoms with van der Waals surface area (Å²) in [6.07, 6.45) is 0. The lowest BCUT2D eigenvalue weighted by atomic mass is 10.0. The van der Waals surface area contributed by atoms with E-state index in [1.165, 1.54) is 11.8 Å². The van der Waals surface area contributed by atoms with Crippen molar-refractivity contribution >= 4 is 58.2 Å². The molecular formula is C23H16Cl2N2O2S. The Morgan fingerprint density at radius 1 is 0.933 bits per heavy atom. The molecule has 0 aromatic heterocycles.